The normalized spacial score (nSPS) is 10.1. The second kappa shape index (κ2) is 8.85. The van der Waals surface area contributed by atoms with Crippen LogP contribution in [0.2, 0.25) is 0 Å². The summed E-state index contributed by atoms with van der Waals surface area (Å²) in [6, 6.07) is 4.61. The van der Waals surface area contributed by atoms with E-state index in [4.69, 9.17) is 5.11 Å². The SMILES string of the molecule is CC(=O)Nc1cc(NCCC(=O)O)ccc1C(=O)Nc1nc(C)c(N=O)s1. The predicted molar refractivity (Wildman–Crippen MR) is 102 cm³/mol. The first-order valence-electron chi connectivity index (χ1n) is 7.79. The summed E-state index contributed by atoms with van der Waals surface area (Å²) in [5.41, 5.74) is 1.39. The Hall–Kier alpha value is -3.34. The van der Waals surface area contributed by atoms with E-state index >= 15 is 0 Å². The van der Waals surface area contributed by atoms with Crippen LogP contribution in [0.4, 0.5) is 21.5 Å². The van der Waals surface area contributed by atoms with Gasteiger partial charge in [-0.05, 0) is 30.3 Å². The molecule has 1 heterocycles. The summed E-state index contributed by atoms with van der Waals surface area (Å²) >= 11 is 0.942. The number of nitrogens with zero attached hydrogens (tertiary/aromatic N) is 2. The summed E-state index contributed by atoms with van der Waals surface area (Å²) < 4.78 is 0. The average Bonchev–Trinajstić information content (AvgIpc) is 2.93. The lowest BCUT2D eigenvalue weighted by Crippen LogP contribution is -2.17. The van der Waals surface area contributed by atoms with Crippen LogP contribution in [0.25, 0.3) is 0 Å². The van der Waals surface area contributed by atoms with E-state index in [1.165, 1.54) is 19.1 Å². The smallest absolute Gasteiger partial charge is 0.305 e. The number of hydrogen-bond donors (Lipinski definition) is 4. The maximum Gasteiger partial charge on any atom is 0.305 e. The lowest BCUT2D eigenvalue weighted by molar-refractivity contribution is -0.136. The minimum atomic E-state index is -0.941. The molecule has 1 aromatic heterocycles. The third kappa shape index (κ3) is 5.57. The van der Waals surface area contributed by atoms with Gasteiger partial charge in [0.05, 0.1) is 23.4 Å². The van der Waals surface area contributed by atoms with Crippen LogP contribution in [0.15, 0.2) is 23.4 Å². The quantitative estimate of drug-likeness (QED) is 0.505. The number of anilines is 3. The molecule has 0 unspecified atom stereocenters. The van der Waals surface area contributed by atoms with E-state index in [2.05, 4.69) is 26.1 Å². The van der Waals surface area contributed by atoms with E-state index in [1.54, 1.807) is 13.0 Å². The highest BCUT2D eigenvalue weighted by Gasteiger charge is 2.16. The molecule has 2 amide bonds. The average molecular weight is 391 g/mol. The van der Waals surface area contributed by atoms with E-state index in [0.717, 1.165) is 11.3 Å². The number of amides is 2. The fourth-order valence-corrected chi connectivity index (χ4v) is 2.89. The fraction of sp³-hybridized carbons (Fsp3) is 0.250. The molecule has 11 heteroatoms. The van der Waals surface area contributed by atoms with Gasteiger partial charge in [-0.2, -0.15) is 0 Å². The molecule has 0 bridgehead atoms. The lowest BCUT2D eigenvalue weighted by atomic mass is 10.1. The Morgan fingerprint density at radius 2 is 2.00 bits per heavy atom. The number of hydrogen-bond acceptors (Lipinski definition) is 8. The molecule has 4 N–H and O–H groups in total. The molecule has 2 rings (SSSR count). The summed E-state index contributed by atoms with van der Waals surface area (Å²) in [4.78, 5) is 49.3. The van der Waals surface area contributed by atoms with Crippen LogP contribution in [0.3, 0.4) is 0 Å². The van der Waals surface area contributed by atoms with Crippen molar-refractivity contribution in [2.24, 2.45) is 5.18 Å². The zero-order valence-corrected chi connectivity index (χ0v) is 15.3. The standard InChI is InChI=1S/C16H17N5O5S/c1-8-15(21-26)27-16(18-8)20-14(25)11-4-3-10(17-6-5-13(23)24)7-12(11)19-9(2)22/h3-4,7,17H,5-6H2,1-2H3,(H,19,22)(H,23,24)(H,18,20,25). The molecule has 0 saturated carbocycles. The van der Waals surface area contributed by atoms with Crippen LogP contribution in [-0.4, -0.2) is 34.4 Å². The summed E-state index contributed by atoms with van der Waals surface area (Å²) in [5.74, 6) is -1.84. The zero-order valence-electron chi connectivity index (χ0n) is 14.5. The maximum atomic E-state index is 12.5. The van der Waals surface area contributed by atoms with Gasteiger partial charge in [-0.3, -0.25) is 19.7 Å². The van der Waals surface area contributed by atoms with Crippen molar-refractivity contribution in [1.82, 2.24) is 4.98 Å². The number of rotatable bonds is 8. The van der Waals surface area contributed by atoms with E-state index in [9.17, 15) is 19.3 Å². The molecule has 10 nitrogen and oxygen atoms in total. The van der Waals surface area contributed by atoms with Crippen LogP contribution in [-0.2, 0) is 9.59 Å². The maximum absolute atomic E-state index is 12.5. The van der Waals surface area contributed by atoms with Crippen molar-refractivity contribution in [3.05, 3.63) is 34.4 Å². The van der Waals surface area contributed by atoms with Gasteiger partial charge in [-0.25, -0.2) is 4.98 Å². The highest BCUT2D eigenvalue weighted by Crippen LogP contribution is 2.31. The van der Waals surface area contributed by atoms with Crippen LogP contribution in [0.1, 0.15) is 29.4 Å². The van der Waals surface area contributed by atoms with Gasteiger partial charge in [0.15, 0.2) is 10.1 Å². The first-order valence-corrected chi connectivity index (χ1v) is 8.61. The van der Waals surface area contributed by atoms with Crippen LogP contribution >= 0.6 is 11.3 Å². The molecule has 0 spiro atoms. The van der Waals surface area contributed by atoms with Crippen molar-refractivity contribution in [3.8, 4) is 0 Å². The second-order valence-electron chi connectivity index (χ2n) is 5.47. The van der Waals surface area contributed by atoms with Crippen molar-refractivity contribution >= 4 is 50.6 Å². The van der Waals surface area contributed by atoms with E-state index in [-0.39, 0.29) is 40.3 Å². The van der Waals surface area contributed by atoms with E-state index in [1.807, 2.05) is 0 Å². The number of carbonyl (C=O) groups is 3. The van der Waals surface area contributed by atoms with Gasteiger partial charge in [-0.15, -0.1) is 4.91 Å². The Morgan fingerprint density at radius 3 is 2.59 bits per heavy atom. The van der Waals surface area contributed by atoms with Crippen molar-refractivity contribution in [3.63, 3.8) is 0 Å². The minimum absolute atomic E-state index is 0.0752. The Kier molecular flexibility index (Phi) is 6.55. The van der Waals surface area contributed by atoms with Gasteiger partial charge in [0.1, 0.15) is 0 Å². The highest BCUT2D eigenvalue weighted by molar-refractivity contribution is 7.19. The Bertz CT molecular complexity index is 895. The molecule has 0 radical (unpaired) electrons. The van der Waals surface area contributed by atoms with Gasteiger partial charge in [-0.1, -0.05) is 11.3 Å². The number of aryl methyl sites for hydroxylation is 1. The molecule has 0 aliphatic rings. The molecular weight excluding hydrogens is 374 g/mol. The number of aromatic nitrogens is 1. The predicted octanol–water partition coefficient (Wildman–Crippen LogP) is 2.95. The molecule has 2 aromatic rings. The molecule has 0 atom stereocenters. The van der Waals surface area contributed by atoms with Crippen molar-refractivity contribution in [2.75, 3.05) is 22.5 Å². The lowest BCUT2D eigenvalue weighted by Gasteiger charge is -2.12. The van der Waals surface area contributed by atoms with E-state index in [0.29, 0.717) is 11.4 Å². The largest absolute Gasteiger partial charge is 0.481 e. The topological polar surface area (TPSA) is 150 Å². The summed E-state index contributed by atoms with van der Waals surface area (Å²) in [6.07, 6.45) is -0.0752. The first kappa shape index (κ1) is 20.0. The monoisotopic (exact) mass is 391 g/mol. The third-order valence-corrected chi connectivity index (χ3v) is 4.27. The molecule has 142 valence electrons. The minimum Gasteiger partial charge on any atom is -0.481 e. The number of nitroso groups, excluding NO2 is 1. The number of thiazole rings is 1. The fourth-order valence-electron chi connectivity index (χ4n) is 2.15. The van der Waals surface area contributed by atoms with Gasteiger partial charge >= 0.3 is 5.97 Å². The number of nitrogens with one attached hydrogen (secondary N) is 3. The number of aliphatic carboxylic acids is 1. The van der Waals surface area contributed by atoms with Crippen LogP contribution < -0.4 is 16.0 Å². The molecule has 0 fully saturated rings. The Morgan fingerprint density at radius 1 is 1.26 bits per heavy atom. The van der Waals surface area contributed by atoms with Crippen molar-refractivity contribution in [1.29, 1.82) is 0 Å². The molecule has 0 saturated heterocycles. The second-order valence-corrected chi connectivity index (χ2v) is 6.44. The Balaban J connectivity index is 2.21. The number of carboxylic acids is 1. The van der Waals surface area contributed by atoms with E-state index < -0.39 is 11.9 Å². The molecule has 0 aliphatic carbocycles. The van der Waals surface area contributed by atoms with Gasteiger partial charge in [0, 0.05) is 19.2 Å². The number of benzene rings is 1. The van der Waals surface area contributed by atoms with Crippen LogP contribution in [0.5, 0.6) is 0 Å². The highest BCUT2D eigenvalue weighted by atomic mass is 32.1. The third-order valence-electron chi connectivity index (χ3n) is 3.32. The Labute approximate surface area is 158 Å². The summed E-state index contributed by atoms with van der Waals surface area (Å²) in [7, 11) is 0. The van der Waals surface area contributed by atoms with Gasteiger partial charge in [0.25, 0.3) is 5.91 Å². The molecule has 1 aromatic carbocycles. The van der Waals surface area contributed by atoms with Crippen LogP contribution in [0, 0.1) is 11.8 Å². The van der Waals surface area contributed by atoms with Crippen molar-refractivity contribution in [2.45, 2.75) is 20.3 Å². The summed E-state index contributed by atoms with van der Waals surface area (Å²) in [6.45, 7) is 3.10. The number of carbonyl (C=O) groups excluding carboxylic acids is 2. The summed E-state index contributed by atoms with van der Waals surface area (Å²) in [5, 5.41) is 19.9. The first-order chi connectivity index (χ1) is 12.8. The molecular formula is C16H17N5O5S. The molecule has 0 aliphatic heterocycles. The molecule has 27 heavy (non-hydrogen) atoms. The zero-order chi connectivity index (χ0) is 20.0. The van der Waals surface area contributed by atoms with Crippen molar-refractivity contribution < 1.29 is 19.5 Å². The van der Waals surface area contributed by atoms with Gasteiger partial charge in [0.2, 0.25) is 5.91 Å². The van der Waals surface area contributed by atoms with Gasteiger partial charge < -0.3 is 15.7 Å². The number of carboxylic acid groups (broad SMARTS) is 1.